The molecule has 1 aromatic carbocycles. The van der Waals surface area contributed by atoms with Crippen molar-refractivity contribution in [2.24, 2.45) is 0 Å². The first-order chi connectivity index (χ1) is 13.6. The van der Waals surface area contributed by atoms with Gasteiger partial charge in [0.05, 0.1) is 11.4 Å². The van der Waals surface area contributed by atoms with Crippen LogP contribution in [0.2, 0.25) is 0 Å². The van der Waals surface area contributed by atoms with Crippen LogP contribution >= 0.6 is 0 Å². The Morgan fingerprint density at radius 2 is 1.66 bits per heavy atom. The van der Waals surface area contributed by atoms with Crippen LogP contribution in [-0.2, 0) is 12.7 Å². The van der Waals surface area contributed by atoms with E-state index in [1.807, 2.05) is 48.9 Å². The van der Waals surface area contributed by atoms with Gasteiger partial charge >= 0.3 is 6.18 Å². The number of para-hydroxylation sites is 1. The fraction of sp³-hybridized carbons (Fsp3) is 0.350. The maximum Gasteiger partial charge on any atom is 0.433 e. The summed E-state index contributed by atoms with van der Waals surface area (Å²) in [5.74, 6) is 0.206. The van der Waals surface area contributed by atoms with Crippen molar-refractivity contribution in [3.05, 3.63) is 59.0 Å². The number of aryl methyl sites for hydroxylation is 1. The summed E-state index contributed by atoms with van der Waals surface area (Å²) in [5.41, 5.74) is 2.60. The van der Waals surface area contributed by atoms with E-state index in [9.17, 15) is 13.2 Å². The van der Waals surface area contributed by atoms with E-state index < -0.39 is 11.9 Å². The van der Waals surface area contributed by atoms with E-state index in [-0.39, 0.29) is 11.8 Å². The molecule has 0 spiro atoms. The Morgan fingerprint density at radius 1 is 1.00 bits per heavy atom. The highest BCUT2D eigenvalue weighted by Crippen LogP contribution is 2.31. The molecule has 2 aromatic heterocycles. The summed E-state index contributed by atoms with van der Waals surface area (Å²) in [6.07, 6.45) is -4.55. The van der Waals surface area contributed by atoms with Crippen LogP contribution in [0.15, 0.2) is 36.4 Å². The summed E-state index contributed by atoms with van der Waals surface area (Å²) in [6.45, 7) is 4.15. The maximum atomic E-state index is 13.3. The first-order valence-corrected chi connectivity index (χ1v) is 9.03. The molecule has 0 radical (unpaired) electrons. The van der Waals surface area contributed by atoms with Gasteiger partial charge in [0.2, 0.25) is 5.95 Å². The van der Waals surface area contributed by atoms with Gasteiger partial charge in [-0.15, -0.1) is 0 Å². The van der Waals surface area contributed by atoms with Gasteiger partial charge in [-0.05, 0) is 26.0 Å². The van der Waals surface area contributed by atoms with E-state index >= 15 is 0 Å². The lowest BCUT2D eigenvalue weighted by Gasteiger charge is -2.21. The quantitative estimate of drug-likeness (QED) is 0.643. The van der Waals surface area contributed by atoms with Crippen LogP contribution in [0.1, 0.15) is 22.6 Å². The Hall–Kier alpha value is -3.10. The molecule has 0 saturated heterocycles. The lowest BCUT2D eigenvalue weighted by molar-refractivity contribution is -0.141. The predicted molar refractivity (Wildman–Crippen MR) is 107 cm³/mol. The molecule has 0 amide bonds. The van der Waals surface area contributed by atoms with Crippen molar-refractivity contribution >= 4 is 11.8 Å². The zero-order valence-corrected chi connectivity index (χ0v) is 17.0. The SMILES string of the molecule is Cc1nn(-c2ccccc2)c(C)c1CN(C)c1nc(N(C)C)cc(C(F)(F)F)n1. The third-order valence-corrected chi connectivity index (χ3v) is 4.63. The highest BCUT2D eigenvalue weighted by Gasteiger charge is 2.34. The highest BCUT2D eigenvalue weighted by molar-refractivity contribution is 5.46. The normalized spacial score (nSPS) is 11.6. The van der Waals surface area contributed by atoms with Crippen molar-refractivity contribution in [2.45, 2.75) is 26.6 Å². The molecule has 3 aromatic rings. The molecule has 2 heterocycles. The van der Waals surface area contributed by atoms with Crippen LogP contribution in [0.3, 0.4) is 0 Å². The van der Waals surface area contributed by atoms with Crippen molar-refractivity contribution in [1.29, 1.82) is 0 Å². The molecule has 0 aliphatic rings. The molecule has 0 fully saturated rings. The number of anilines is 2. The van der Waals surface area contributed by atoms with Crippen LogP contribution < -0.4 is 9.80 Å². The molecule has 3 rings (SSSR count). The fourth-order valence-electron chi connectivity index (χ4n) is 3.00. The van der Waals surface area contributed by atoms with E-state index in [1.165, 1.54) is 4.90 Å². The third kappa shape index (κ3) is 4.33. The van der Waals surface area contributed by atoms with Gasteiger partial charge in [-0.2, -0.15) is 23.3 Å². The first kappa shape index (κ1) is 20.6. The summed E-state index contributed by atoms with van der Waals surface area (Å²) in [4.78, 5) is 11.2. The molecule has 0 saturated carbocycles. The van der Waals surface area contributed by atoms with Gasteiger partial charge < -0.3 is 9.80 Å². The summed E-state index contributed by atoms with van der Waals surface area (Å²) in [5, 5.41) is 4.59. The molecule has 0 bridgehead atoms. The number of alkyl halides is 3. The Morgan fingerprint density at radius 3 is 2.24 bits per heavy atom. The minimum atomic E-state index is -4.55. The zero-order chi connectivity index (χ0) is 21.3. The third-order valence-electron chi connectivity index (χ3n) is 4.63. The van der Waals surface area contributed by atoms with Crippen LogP contribution in [0.5, 0.6) is 0 Å². The van der Waals surface area contributed by atoms with Gasteiger partial charge in [-0.1, -0.05) is 18.2 Å². The van der Waals surface area contributed by atoms with Crippen LogP contribution in [-0.4, -0.2) is 40.9 Å². The summed E-state index contributed by atoms with van der Waals surface area (Å²) < 4.78 is 41.7. The molecular weight excluding hydrogens is 381 g/mol. The van der Waals surface area contributed by atoms with Gasteiger partial charge in [0.25, 0.3) is 0 Å². The smallest absolute Gasteiger partial charge is 0.363 e. The van der Waals surface area contributed by atoms with E-state index in [0.717, 1.165) is 28.7 Å². The van der Waals surface area contributed by atoms with Gasteiger partial charge in [-0.3, -0.25) is 0 Å². The summed E-state index contributed by atoms with van der Waals surface area (Å²) in [7, 11) is 4.96. The minimum absolute atomic E-state index is 0.00906. The zero-order valence-electron chi connectivity index (χ0n) is 17.0. The van der Waals surface area contributed by atoms with E-state index in [2.05, 4.69) is 15.1 Å². The van der Waals surface area contributed by atoms with Crippen molar-refractivity contribution in [1.82, 2.24) is 19.7 Å². The maximum absolute atomic E-state index is 13.3. The average molecular weight is 404 g/mol. The highest BCUT2D eigenvalue weighted by atomic mass is 19.4. The van der Waals surface area contributed by atoms with Crippen molar-refractivity contribution < 1.29 is 13.2 Å². The van der Waals surface area contributed by atoms with Crippen LogP contribution in [0.25, 0.3) is 5.69 Å². The van der Waals surface area contributed by atoms with E-state index in [0.29, 0.717) is 6.54 Å². The number of halogens is 3. The molecular formula is C20H23F3N6. The largest absolute Gasteiger partial charge is 0.433 e. The van der Waals surface area contributed by atoms with E-state index in [4.69, 9.17) is 0 Å². The number of benzene rings is 1. The second-order valence-electron chi connectivity index (χ2n) is 7.06. The fourth-order valence-corrected chi connectivity index (χ4v) is 3.00. The number of nitrogens with zero attached hydrogens (tertiary/aromatic N) is 6. The Kier molecular flexibility index (Phi) is 5.50. The second kappa shape index (κ2) is 7.73. The second-order valence-corrected chi connectivity index (χ2v) is 7.06. The molecule has 6 nitrogen and oxygen atoms in total. The van der Waals surface area contributed by atoms with Gasteiger partial charge in [-0.25, -0.2) is 9.67 Å². The molecule has 0 aliphatic carbocycles. The Labute approximate surface area is 167 Å². The Bertz CT molecular complexity index is 995. The van der Waals surface area contributed by atoms with Crippen LogP contribution in [0, 0.1) is 13.8 Å². The molecule has 9 heteroatoms. The molecule has 0 atom stereocenters. The Balaban J connectivity index is 1.96. The first-order valence-electron chi connectivity index (χ1n) is 9.03. The number of hydrogen-bond acceptors (Lipinski definition) is 5. The summed E-state index contributed by atoms with van der Waals surface area (Å²) in [6, 6.07) is 10.6. The van der Waals surface area contributed by atoms with Crippen molar-refractivity contribution in [2.75, 3.05) is 30.9 Å². The van der Waals surface area contributed by atoms with Crippen molar-refractivity contribution in [3.63, 3.8) is 0 Å². The average Bonchev–Trinajstić information content (AvgIpc) is 2.95. The van der Waals surface area contributed by atoms with Gasteiger partial charge in [0, 0.05) is 45.0 Å². The molecule has 29 heavy (non-hydrogen) atoms. The molecule has 0 unspecified atom stereocenters. The van der Waals surface area contributed by atoms with Gasteiger partial charge in [0.1, 0.15) is 5.82 Å². The van der Waals surface area contributed by atoms with Crippen molar-refractivity contribution in [3.8, 4) is 5.69 Å². The predicted octanol–water partition coefficient (Wildman–Crippen LogP) is 4.00. The number of hydrogen-bond donors (Lipinski definition) is 0. The number of rotatable bonds is 5. The molecule has 154 valence electrons. The summed E-state index contributed by atoms with van der Waals surface area (Å²) >= 11 is 0. The van der Waals surface area contributed by atoms with Crippen LogP contribution in [0.4, 0.5) is 24.9 Å². The van der Waals surface area contributed by atoms with E-state index in [1.54, 1.807) is 26.0 Å². The number of aromatic nitrogens is 4. The molecule has 0 aliphatic heterocycles. The standard InChI is InChI=1S/C20H23F3N6/c1-13-16(14(2)29(26-13)15-9-7-6-8-10-15)12-28(5)19-24-17(20(21,22)23)11-18(25-19)27(3)4/h6-11H,12H2,1-5H3. The molecule has 0 N–H and O–H groups in total. The minimum Gasteiger partial charge on any atom is -0.363 e. The topological polar surface area (TPSA) is 50.1 Å². The lowest BCUT2D eigenvalue weighted by atomic mass is 10.2. The van der Waals surface area contributed by atoms with Gasteiger partial charge in [0.15, 0.2) is 5.69 Å². The lowest BCUT2D eigenvalue weighted by Crippen LogP contribution is -2.24. The monoisotopic (exact) mass is 404 g/mol.